The highest BCUT2D eigenvalue weighted by Gasteiger charge is 2.28. The third-order valence-electron chi connectivity index (χ3n) is 5.44. The number of amides is 1. The van der Waals surface area contributed by atoms with Crippen LogP contribution in [-0.4, -0.2) is 70.2 Å². The number of carbonyl (C=O) groups is 1. The lowest BCUT2D eigenvalue weighted by Crippen LogP contribution is -2.53. The monoisotopic (exact) mass is 455 g/mol. The van der Waals surface area contributed by atoms with Crippen LogP contribution in [-0.2, 0) is 11.3 Å². The molecule has 1 fully saturated rings. The molecule has 2 aromatic heterocycles. The molecule has 1 atom stereocenters. The zero-order valence-electron chi connectivity index (χ0n) is 18.1. The highest BCUT2D eigenvalue weighted by Crippen LogP contribution is 2.23. The number of anilines is 1. The van der Waals surface area contributed by atoms with Gasteiger partial charge >= 0.3 is 0 Å². The van der Waals surface area contributed by atoms with Crippen molar-refractivity contribution in [1.29, 1.82) is 0 Å². The number of halogens is 1. The van der Waals surface area contributed by atoms with Crippen LogP contribution in [0.5, 0.6) is 5.75 Å². The Morgan fingerprint density at radius 3 is 3.00 bits per heavy atom. The maximum atomic E-state index is 13.0. The van der Waals surface area contributed by atoms with Crippen LogP contribution < -0.4 is 15.0 Å². The first-order valence-corrected chi connectivity index (χ1v) is 10.8. The average molecular weight is 456 g/mol. The van der Waals surface area contributed by atoms with E-state index in [1.165, 1.54) is 0 Å². The van der Waals surface area contributed by atoms with E-state index in [0.29, 0.717) is 43.0 Å². The number of benzene rings is 1. The Balaban J connectivity index is 1.48. The molecule has 3 aromatic rings. The Labute approximate surface area is 192 Å². The highest BCUT2D eigenvalue weighted by atomic mass is 35.5. The van der Waals surface area contributed by atoms with E-state index in [0.717, 1.165) is 17.9 Å². The number of hydrogen-bond acceptors (Lipinski definition) is 7. The van der Waals surface area contributed by atoms with Crippen molar-refractivity contribution in [3.05, 3.63) is 59.8 Å². The van der Waals surface area contributed by atoms with Crippen LogP contribution in [0, 0.1) is 0 Å². The van der Waals surface area contributed by atoms with Crippen LogP contribution >= 0.6 is 11.6 Å². The van der Waals surface area contributed by atoms with Crippen LogP contribution in [0.4, 0.5) is 5.82 Å². The second-order valence-corrected chi connectivity index (χ2v) is 8.06. The second-order valence-electron chi connectivity index (χ2n) is 7.68. The molecule has 3 heterocycles. The number of aromatic nitrogens is 4. The van der Waals surface area contributed by atoms with E-state index in [9.17, 15) is 4.79 Å². The van der Waals surface area contributed by atoms with Gasteiger partial charge in [-0.1, -0.05) is 23.7 Å². The fraction of sp³-hybridized carbons (Fsp3) is 0.364. The lowest BCUT2D eigenvalue weighted by molar-refractivity contribution is -0.130. The van der Waals surface area contributed by atoms with Gasteiger partial charge in [0.25, 0.3) is 0 Å². The zero-order chi connectivity index (χ0) is 22.5. The van der Waals surface area contributed by atoms with Crippen LogP contribution in [0.2, 0.25) is 5.15 Å². The number of piperazine rings is 1. The zero-order valence-corrected chi connectivity index (χ0v) is 18.9. The van der Waals surface area contributed by atoms with Gasteiger partial charge in [0, 0.05) is 58.1 Å². The third kappa shape index (κ3) is 5.17. The lowest BCUT2D eigenvalue weighted by atomic mass is 10.1. The molecule has 1 aromatic carbocycles. The van der Waals surface area contributed by atoms with Crippen LogP contribution in [0.3, 0.4) is 0 Å². The van der Waals surface area contributed by atoms with Crippen molar-refractivity contribution >= 4 is 23.3 Å². The first-order valence-electron chi connectivity index (χ1n) is 10.4. The van der Waals surface area contributed by atoms with Gasteiger partial charge in [0.15, 0.2) is 0 Å². The van der Waals surface area contributed by atoms with Gasteiger partial charge < -0.3 is 19.9 Å². The molecule has 0 bridgehead atoms. The first-order chi connectivity index (χ1) is 15.5. The summed E-state index contributed by atoms with van der Waals surface area (Å²) in [6.07, 6.45) is 5.41. The number of imidazole rings is 1. The van der Waals surface area contributed by atoms with Gasteiger partial charge in [0.05, 0.1) is 13.2 Å². The summed E-state index contributed by atoms with van der Waals surface area (Å²) in [5.74, 6) is 1.98. The molecule has 1 amide bonds. The lowest BCUT2D eigenvalue weighted by Gasteiger charge is -2.37. The quantitative estimate of drug-likeness (QED) is 0.546. The minimum atomic E-state index is -0.0504. The summed E-state index contributed by atoms with van der Waals surface area (Å²) < 4.78 is 6.99. The maximum absolute atomic E-state index is 13.0. The minimum absolute atomic E-state index is 0.0504. The summed E-state index contributed by atoms with van der Waals surface area (Å²) in [6, 6.07) is 9.44. The van der Waals surface area contributed by atoms with E-state index < -0.39 is 0 Å². The fourth-order valence-corrected chi connectivity index (χ4v) is 3.94. The van der Waals surface area contributed by atoms with Gasteiger partial charge in [-0.25, -0.2) is 9.97 Å². The molecule has 1 N–H and O–H groups in total. The smallest absolute Gasteiger partial charge is 0.238 e. The topological polar surface area (TPSA) is 88.4 Å². The molecule has 32 heavy (non-hydrogen) atoms. The van der Waals surface area contributed by atoms with E-state index in [1.54, 1.807) is 41.4 Å². The van der Waals surface area contributed by atoms with Crippen molar-refractivity contribution in [2.75, 3.05) is 38.7 Å². The van der Waals surface area contributed by atoms with E-state index in [4.69, 9.17) is 16.3 Å². The molecule has 10 heteroatoms. The molecular weight excluding hydrogens is 430 g/mol. The summed E-state index contributed by atoms with van der Waals surface area (Å²) >= 11 is 6.29. The Morgan fingerprint density at radius 2 is 2.22 bits per heavy atom. The first kappa shape index (κ1) is 22.0. The van der Waals surface area contributed by atoms with E-state index in [1.807, 2.05) is 31.3 Å². The predicted octanol–water partition coefficient (Wildman–Crippen LogP) is 2.15. The normalized spacial score (nSPS) is 16.1. The number of hydrogen-bond donors (Lipinski definition) is 1. The van der Waals surface area contributed by atoms with E-state index >= 15 is 0 Å². The van der Waals surface area contributed by atoms with Crippen molar-refractivity contribution in [2.45, 2.75) is 19.0 Å². The Hall–Kier alpha value is -3.17. The largest absolute Gasteiger partial charge is 0.497 e. The molecule has 0 spiro atoms. The number of ether oxygens (including phenoxy) is 1. The summed E-state index contributed by atoms with van der Waals surface area (Å²) in [7, 11) is 3.46. The van der Waals surface area contributed by atoms with E-state index in [2.05, 4.69) is 25.2 Å². The number of nitrogens with one attached hydrogen (secondary N) is 1. The molecule has 0 radical (unpaired) electrons. The van der Waals surface area contributed by atoms with Gasteiger partial charge in [0.2, 0.25) is 11.9 Å². The van der Waals surface area contributed by atoms with Gasteiger partial charge in [-0.3, -0.25) is 9.36 Å². The van der Waals surface area contributed by atoms with Crippen LogP contribution in [0.25, 0.3) is 5.95 Å². The average Bonchev–Trinajstić information content (AvgIpc) is 3.34. The van der Waals surface area contributed by atoms with Gasteiger partial charge in [0.1, 0.15) is 23.0 Å². The van der Waals surface area contributed by atoms with Crippen molar-refractivity contribution in [3.63, 3.8) is 0 Å². The molecule has 168 valence electrons. The fourth-order valence-electron chi connectivity index (χ4n) is 3.77. The van der Waals surface area contributed by atoms with Crippen LogP contribution in [0.1, 0.15) is 12.0 Å². The van der Waals surface area contributed by atoms with Crippen LogP contribution in [0.15, 0.2) is 49.1 Å². The Bertz CT molecular complexity index is 1060. The number of carbonyl (C=O) groups excluding carboxylic acids is 1. The number of nitrogens with zero attached hydrogens (tertiary/aromatic N) is 6. The Kier molecular flexibility index (Phi) is 6.87. The van der Waals surface area contributed by atoms with Gasteiger partial charge in [-0.2, -0.15) is 4.98 Å². The summed E-state index contributed by atoms with van der Waals surface area (Å²) in [5.41, 5.74) is 1.02. The molecule has 1 aliphatic heterocycles. The SMILES string of the molecule is COc1cccc(CN(C)C(=O)CC2CNCCN2c2cc(Cl)nc(-n3ccnc3)n2)c1. The molecule has 0 saturated carbocycles. The minimum Gasteiger partial charge on any atom is -0.497 e. The maximum Gasteiger partial charge on any atom is 0.238 e. The molecule has 1 saturated heterocycles. The van der Waals surface area contributed by atoms with Crippen molar-refractivity contribution in [1.82, 2.24) is 29.7 Å². The molecular formula is C22H26ClN7O2. The molecule has 0 aliphatic carbocycles. The molecule has 9 nitrogen and oxygen atoms in total. The molecule has 1 aliphatic rings. The van der Waals surface area contributed by atoms with Crippen molar-refractivity contribution < 1.29 is 9.53 Å². The summed E-state index contributed by atoms with van der Waals surface area (Å²) in [6.45, 7) is 2.71. The standard InChI is InChI=1S/C22H26ClN7O2/c1-28(14-16-4-3-5-18(10-16)32-2)21(31)11-17-13-24-7-9-30(17)20-12-19(23)26-22(27-20)29-8-6-25-15-29/h3-6,8,10,12,15,17,24H,7,9,11,13-14H2,1-2H3. The third-order valence-corrected chi connectivity index (χ3v) is 5.63. The van der Waals surface area contributed by atoms with E-state index in [-0.39, 0.29) is 11.9 Å². The number of methoxy groups -OCH3 is 1. The van der Waals surface area contributed by atoms with Gasteiger partial charge in [-0.05, 0) is 17.7 Å². The summed E-state index contributed by atoms with van der Waals surface area (Å²) in [5, 5.41) is 3.72. The number of rotatable bonds is 7. The highest BCUT2D eigenvalue weighted by molar-refractivity contribution is 6.29. The van der Waals surface area contributed by atoms with Crippen molar-refractivity contribution in [2.24, 2.45) is 0 Å². The van der Waals surface area contributed by atoms with Crippen molar-refractivity contribution in [3.8, 4) is 11.7 Å². The predicted molar refractivity (Wildman–Crippen MR) is 122 cm³/mol. The van der Waals surface area contributed by atoms with Gasteiger partial charge in [-0.15, -0.1) is 0 Å². The molecule has 4 rings (SSSR count). The molecule has 1 unspecified atom stereocenters. The summed E-state index contributed by atoms with van der Waals surface area (Å²) in [4.78, 5) is 29.9. The second kappa shape index (κ2) is 9.97. The Morgan fingerprint density at radius 1 is 1.34 bits per heavy atom.